The smallest absolute Gasteiger partial charge is 0.269 e. The summed E-state index contributed by atoms with van der Waals surface area (Å²) in [6, 6.07) is 11.4. The molecule has 0 saturated heterocycles. The lowest BCUT2D eigenvalue weighted by molar-refractivity contribution is -0.384. The second-order valence-electron chi connectivity index (χ2n) is 5.97. The number of carbonyl (C=O) groups excluding carboxylic acids is 1. The first-order valence-electron chi connectivity index (χ1n) is 7.59. The van der Waals surface area contributed by atoms with E-state index in [0.717, 1.165) is 16.8 Å². The van der Waals surface area contributed by atoms with Gasteiger partial charge in [-0.3, -0.25) is 19.8 Å². The molecule has 0 heterocycles. The van der Waals surface area contributed by atoms with E-state index in [1.54, 1.807) is 31.1 Å². The Balaban J connectivity index is 2.30. The molecule has 1 N–H and O–H groups in total. The van der Waals surface area contributed by atoms with E-state index in [4.69, 9.17) is 0 Å². The van der Waals surface area contributed by atoms with Gasteiger partial charge in [-0.25, -0.2) is 0 Å². The number of nitro benzene ring substituents is 1. The average molecular weight is 327 g/mol. The first-order valence-corrected chi connectivity index (χ1v) is 7.59. The fourth-order valence-electron chi connectivity index (χ4n) is 2.67. The number of rotatable bonds is 5. The van der Waals surface area contributed by atoms with Gasteiger partial charge in [-0.15, -0.1) is 0 Å². The molecule has 0 aliphatic carbocycles. The van der Waals surface area contributed by atoms with Crippen molar-refractivity contribution in [1.82, 2.24) is 4.90 Å². The molecule has 2 aromatic carbocycles. The Kier molecular flexibility index (Phi) is 5.31. The van der Waals surface area contributed by atoms with Crippen LogP contribution in [-0.2, 0) is 4.79 Å². The van der Waals surface area contributed by atoms with E-state index in [1.165, 1.54) is 12.1 Å². The predicted molar refractivity (Wildman–Crippen MR) is 94.1 cm³/mol. The molecule has 24 heavy (non-hydrogen) atoms. The molecule has 0 fully saturated rings. The lowest BCUT2D eigenvalue weighted by atomic mass is 10.0. The van der Waals surface area contributed by atoms with Gasteiger partial charge in [-0.1, -0.05) is 30.3 Å². The van der Waals surface area contributed by atoms with Crippen molar-refractivity contribution in [3.05, 3.63) is 69.3 Å². The van der Waals surface area contributed by atoms with Gasteiger partial charge in [0, 0.05) is 17.8 Å². The van der Waals surface area contributed by atoms with E-state index in [-0.39, 0.29) is 11.6 Å². The van der Waals surface area contributed by atoms with Crippen LogP contribution in [0.15, 0.2) is 42.5 Å². The normalized spacial score (nSPS) is 12.0. The molecule has 6 nitrogen and oxygen atoms in total. The van der Waals surface area contributed by atoms with Gasteiger partial charge in [0.25, 0.3) is 5.69 Å². The van der Waals surface area contributed by atoms with Crippen LogP contribution < -0.4 is 5.32 Å². The summed E-state index contributed by atoms with van der Waals surface area (Å²) < 4.78 is 0. The van der Waals surface area contributed by atoms with E-state index in [9.17, 15) is 14.9 Å². The highest BCUT2D eigenvalue weighted by Crippen LogP contribution is 2.25. The maximum Gasteiger partial charge on any atom is 0.269 e. The standard InChI is InChI=1S/C18H21N3O3/c1-12-6-5-7-13(2)16(12)19-18(22)17(20(3)4)14-8-10-15(11-9-14)21(23)24/h5-11,17H,1-4H3,(H,19,22)/t17-/m0/s1. The Morgan fingerprint density at radius 3 is 2.08 bits per heavy atom. The van der Waals surface area contributed by atoms with Crippen molar-refractivity contribution in [1.29, 1.82) is 0 Å². The van der Waals surface area contributed by atoms with Gasteiger partial charge in [0.15, 0.2) is 0 Å². The lowest BCUT2D eigenvalue weighted by Gasteiger charge is -2.24. The monoisotopic (exact) mass is 327 g/mol. The van der Waals surface area contributed by atoms with Gasteiger partial charge in [0.05, 0.1) is 4.92 Å². The minimum atomic E-state index is -0.537. The molecular weight excluding hydrogens is 306 g/mol. The van der Waals surface area contributed by atoms with Crippen LogP contribution >= 0.6 is 0 Å². The summed E-state index contributed by atoms with van der Waals surface area (Å²) in [4.78, 5) is 24.9. The molecule has 6 heteroatoms. The van der Waals surface area contributed by atoms with Crippen molar-refractivity contribution in [2.75, 3.05) is 19.4 Å². The summed E-state index contributed by atoms with van der Waals surface area (Å²) in [6.07, 6.45) is 0. The Morgan fingerprint density at radius 2 is 1.62 bits per heavy atom. The highest BCUT2D eigenvalue weighted by molar-refractivity contribution is 5.96. The van der Waals surface area contributed by atoms with Crippen LogP contribution in [0.25, 0.3) is 0 Å². The molecule has 0 aromatic heterocycles. The number of hydrogen-bond donors (Lipinski definition) is 1. The number of hydrogen-bond acceptors (Lipinski definition) is 4. The van der Waals surface area contributed by atoms with E-state index in [0.29, 0.717) is 5.56 Å². The van der Waals surface area contributed by atoms with Crippen LogP contribution in [0, 0.1) is 24.0 Å². The number of non-ortho nitro benzene ring substituents is 1. The largest absolute Gasteiger partial charge is 0.324 e. The first kappa shape index (κ1) is 17.6. The van der Waals surface area contributed by atoms with Crippen molar-refractivity contribution in [2.24, 2.45) is 0 Å². The fourth-order valence-corrected chi connectivity index (χ4v) is 2.67. The van der Waals surface area contributed by atoms with Crippen molar-refractivity contribution in [3.8, 4) is 0 Å². The zero-order chi connectivity index (χ0) is 17.9. The number of aryl methyl sites for hydroxylation is 2. The van der Waals surface area contributed by atoms with Crippen molar-refractivity contribution < 1.29 is 9.72 Å². The number of likely N-dealkylation sites (N-methyl/N-ethyl adjacent to an activating group) is 1. The Hall–Kier alpha value is -2.73. The minimum absolute atomic E-state index is 0.00594. The Bertz CT molecular complexity index is 734. The number of nitro groups is 1. The maximum atomic E-state index is 12.8. The van der Waals surface area contributed by atoms with Gasteiger partial charge in [-0.05, 0) is 44.6 Å². The summed E-state index contributed by atoms with van der Waals surface area (Å²) in [5, 5.41) is 13.8. The molecule has 0 aliphatic rings. The summed E-state index contributed by atoms with van der Waals surface area (Å²) in [7, 11) is 3.60. The molecule has 0 aliphatic heterocycles. The number of carbonyl (C=O) groups is 1. The molecular formula is C18H21N3O3. The van der Waals surface area contributed by atoms with Gasteiger partial charge < -0.3 is 5.32 Å². The number of nitrogens with one attached hydrogen (secondary N) is 1. The third-order valence-electron chi connectivity index (χ3n) is 3.91. The molecule has 0 unspecified atom stereocenters. The van der Waals surface area contributed by atoms with Gasteiger partial charge in [0.1, 0.15) is 6.04 Å². The third-order valence-corrected chi connectivity index (χ3v) is 3.91. The van der Waals surface area contributed by atoms with Crippen LogP contribution in [0.3, 0.4) is 0 Å². The van der Waals surface area contributed by atoms with Gasteiger partial charge in [0.2, 0.25) is 5.91 Å². The minimum Gasteiger partial charge on any atom is -0.324 e. The molecule has 126 valence electrons. The number of amides is 1. The maximum absolute atomic E-state index is 12.8. The lowest BCUT2D eigenvalue weighted by Crippen LogP contribution is -2.32. The fraction of sp³-hybridized carbons (Fsp3) is 0.278. The number of para-hydroxylation sites is 1. The molecule has 0 spiro atoms. The second-order valence-corrected chi connectivity index (χ2v) is 5.97. The zero-order valence-corrected chi connectivity index (χ0v) is 14.2. The van der Waals surface area contributed by atoms with Crippen LogP contribution in [0.2, 0.25) is 0 Å². The number of benzene rings is 2. The van der Waals surface area contributed by atoms with Gasteiger partial charge >= 0.3 is 0 Å². The van der Waals surface area contributed by atoms with Crippen LogP contribution in [0.4, 0.5) is 11.4 Å². The number of anilines is 1. The van der Waals surface area contributed by atoms with E-state index in [2.05, 4.69) is 5.32 Å². The first-order chi connectivity index (χ1) is 11.3. The topological polar surface area (TPSA) is 75.5 Å². The van der Waals surface area contributed by atoms with Crippen LogP contribution in [0.5, 0.6) is 0 Å². The van der Waals surface area contributed by atoms with Crippen LogP contribution in [-0.4, -0.2) is 29.8 Å². The van der Waals surface area contributed by atoms with E-state index >= 15 is 0 Å². The quantitative estimate of drug-likeness (QED) is 0.674. The number of nitrogens with zero attached hydrogens (tertiary/aromatic N) is 2. The summed E-state index contributed by atoms with van der Waals surface area (Å²) in [5.74, 6) is -0.175. The van der Waals surface area contributed by atoms with Crippen molar-refractivity contribution >= 4 is 17.3 Å². The predicted octanol–water partition coefficient (Wildman–Crippen LogP) is 3.45. The average Bonchev–Trinajstić information content (AvgIpc) is 2.51. The summed E-state index contributed by atoms with van der Waals surface area (Å²) in [6.45, 7) is 3.89. The Labute approximate surface area is 141 Å². The van der Waals surface area contributed by atoms with Crippen LogP contribution in [0.1, 0.15) is 22.7 Å². The zero-order valence-electron chi connectivity index (χ0n) is 14.2. The Morgan fingerprint density at radius 1 is 1.08 bits per heavy atom. The second kappa shape index (κ2) is 7.23. The van der Waals surface area contributed by atoms with Crippen molar-refractivity contribution in [3.63, 3.8) is 0 Å². The third kappa shape index (κ3) is 3.78. The molecule has 0 radical (unpaired) electrons. The molecule has 1 amide bonds. The van der Waals surface area contributed by atoms with E-state index < -0.39 is 11.0 Å². The molecule has 0 bridgehead atoms. The molecule has 0 saturated carbocycles. The van der Waals surface area contributed by atoms with Crippen molar-refractivity contribution in [2.45, 2.75) is 19.9 Å². The highest BCUT2D eigenvalue weighted by atomic mass is 16.6. The van der Waals surface area contributed by atoms with Gasteiger partial charge in [-0.2, -0.15) is 0 Å². The summed E-state index contributed by atoms with van der Waals surface area (Å²) in [5.41, 5.74) is 3.49. The molecule has 2 rings (SSSR count). The molecule has 1 atom stereocenters. The SMILES string of the molecule is Cc1cccc(C)c1NC(=O)[C@H](c1ccc([N+](=O)[O-])cc1)N(C)C. The highest BCUT2D eigenvalue weighted by Gasteiger charge is 2.24. The van der Waals surface area contributed by atoms with E-state index in [1.807, 2.05) is 32.0 Å². The summed E-state index contributed by atoms with van der Waals surface area (Å²) >= 11 is 0. The molecule has 2 aromatic rings.